The number of carbonyl (C=O) groups is 2. The van der Waals surface area contributed by atoms with E-state index < -0.39 is 0 Å². The van der Waals surface area contributed by atoms with E-state index in [0.717, 1.165) is 19.4 Å². The van der Waals surface area contributed by atoms with Gasteiger partial charge in [0, 0.05) is 19.0 Å². The lowest BCUT2D eigenvalue weighted by atomic mass is 9.92. The second-order valence-corrected chi connectivity index (χ2v) is 5.19. The first kappa shape index (κ1) is 14.5. The fourth-order valence-electron chi connectivity index (χ4n) is 2.53. The molecule has 2 amide bonds. The first-order valence-corrected chi connectivity index (χ1v) is 6.97. The van der Waals surface area contributed by atoms with Crippen molar-refractivity contribution in [2.24, 2.45) is 5.92 Å². The van der Waals surface area contributed by atoms with Crippen LogP contribution >= 0.6 is 0 Å². The average Bonchev–Trinajstić information content (AvgIpc) is 2.47. The predicted molar refractivity (Wildman–Crippen MR) is 78.7 cm³/mol. The zero-order valence-corrected chi connectivity index (χ0v) is 11.9. The minimum absolute atomic E-state index is 0.00370. The molecule has 0 unspecified atom stereocenters. The molecular weight excluding hydrogens is 254 g/mol. The standard InChI is InChI=1S/C15H21N3O2/c1-10-9-11(7-8-17-10)14(19)18-13-6-4-3-5-12(13)15(20)16-2/h3-6,10-11,17H,7-9H2,1-2H3,(H,16,20)(H,18,19)/t10-,11-/m0/s1. The number of piperidine rings is 1. The maximum Gasteiger partial charge on any atom is 0.253 e. The summed E-state index contributed by atoms with van der Waals surface area (Å²) in [6.07, 6.45) is 1.66. The third-order valence-corrected chi connectivity index (χ3v) is 3.65. The van der Waals surface area contributed by atoms with Gasteiger partial charge < -0.3 is 16.0 Å². The van der Waals surface area contributed by atoms with Crippen LogP contribution in [-0.4, -0.2) is 31.4 Å². The molecular formula is C15H21N3O2. The zero-order valence-electron chi connectivity index (χ0n) is 11.9. The Morgan fingerprint density at radius 2 is 2.05 bits per heavy atom. The maximum absolute atomic E-state index is 12.3. The molecule has 1 aliphatic heterocycles. The predicted octanol–water partition coefficient (Wildman–Crippen LogP) is 1.37. The van der Waals surface area contributed by atoms with Crippen molar-refractivity contribution in [2.75, 3.05) is 18.9 Å². The van der Waals surface area contributed by atoms with E-state index in [1.807, 2.05) is 6.07 Å². The Morgan fingerprint density at radius 1 is 1.30 bits per heavy atom. The maximum atomic E-state index is 12.3. The van der Waals surface area contributed by atoms with Crippen LogP contribution in [-0.2, 0) is 4.79 Å². The molecule has 0 aliphatic carbocycles. The Hall–Kier alpha value is -1.88. The van der Waals surface area contributed by atoms with Crippen LogP contribution in [0.25, 0.3) is 0 Å². The SMILES string of the molecule is CNC(=O)c1ccccc1NC(=O)[C@H]1CCN[C@@H](C)C1. The van der Waals surface area contributed by atoms with Crippen molar-refractivity contribution in [1.82, 2.24) is 10.6 Å². The van der Waals surface area contributed by atoms with Gasteiger partial charge >= 0.3 is 0 Å². The summed E-state index contributed by atoms with van der Waals surface area (Å²) < 4.78 is 0. The highest BCUT2D eigenvalue weighted by atomic mass is 16.2. The molecule has 5 heteroatoms. The number of hydrogen-bond donors (Lipinski definition) is 3. The third-order valence-electron chi connectivity index (χ3n) is 3.65. The molecule has 1 aromatic rings. The number of anilines is 1. The van der Waals surface area contributed by atoms with Gasteiger partial charge in [0.1, 0.15) is 0 Å². The van der Waals surface area contributed by atoms with Crippen LogP contribution in [0.2, 0.25) is 0 Å². The Bertz CT molecular complexity index is 502. The first-order valence-electron chi connectivity index (χ1n) is 6.97. The molecule has 0 bridgehead atoms. The monoisotopic (exact) mass is 275 g/mol. The van der Waals surface area contributed by atoms with Gasteiger partial charge in [0.15, 0.2) is 0 Å². The number of amides is 2. The molecule has 1 saturated heterocycles. The average molecular weight is 275 g/mol. The summed E-state index contributed by atoms with van der Waals surface area (Å²) >= 11 is 0. The van der Waals surface area contributed by atoms with Gasteiger partial charge in [-0.2, -0.15) is 0 Å². The Balaban J connectivity index is 2.09. The van der Waals surface area contributed by atoms with Crippen LogP contribution in [0.5, 0.6) is 0 Å². The summed E-state index contributed by atoms with van der Waals surface area (Å²) in [4.78, 5) is 24.1. The van der Waals surface area contributed by atoms with E-state index in [-0.39, 0.29) is 17.7 Å². The molecule has 2 rings (SSSR count). The quantitative estimate of drug-likeness (QED) is 0.780. The van der Waals surface area contributed by atoms with Crippen molar-refractivity contribution in [2.45, 2.75) is 25.8 Å². The summed E-state index contributed by atoms with van der Waals surface area (Å²) in [6, 6.07) is 7.42. The van der Waals surface area contributed by atoms with E-state index >= 15 is 0 Å². The summed E-state index contributed by atoms with van der Waals surface area (Å²) in [6.45, 7) is 2.94. The smallest absolute Gasteiger partial charge is 0.253 e. The van der Waals surface area contributed by atoms with Crippen molar-refractivity contribution in [3.63, 3.8) is 0 Å². The molecule has 5 nitrogen and oxygen atoms in total. The van der Waals surface area contributed by atoms with E-state index in [1.54, 1.807) is 25.2 Å². The summed E-state index contributed by atoms with van der Waals surface area (Å²) in [5.74, 6) is -0.196. The van der Waals surface area contributed by atoms with Gasteiger partial charge in [-0.15, -0.1) is 0 Å². The molecule has 20 heavy (non-hydrogen) atoms. The van der Waals surface area contributed by atoms with Crippen molar-refractivity contribution in [3.05, 3.63) is 29.8 Å². The molecule has 1 aromatic carbocycles. The van der Waals surface area contributed by atoms with Crippen LogP contribution in [0.1, 0.15) is 30.1 Å². The number of benzene rings is 1. The molecule has 1 heterocycles. The minimum Gasteiger partial charge on any atom is -0.355 e. The molecule has 1 aliphatic rings. The van der Waals surface area contributed by atoms with E-state index in [4.69, 9.17) is 0 Å². The van der Waals surface area contributed by atoms with Crippen molar-refractivity contribution < 1.29 is 9.59 Å². The molecule has 2 atom stereocenters. The van der Waals surface area contributed by atoms with Crippen LogP contribution in [0.4, 0.5) is 5.69 Å². The number of para-hydroxylation sites is 1. The highest BCUT2D eigenvalue weighted by molar-refractivity contribution is 6.04. The van der Waals surface area contributed by atoms with Crippen LogP contribution < -0.4 is 16.0 Å². The second kappa shape index (κ2) is 6.52. The molecule has 1 fully saturated rings. The van der Waals surface area contributed by atoms with E-state index in [0.29, 0.717) is 17.3 Å². The number of rotatable bonds is 3. The second-order valence-electron chi connectivity index (χ2n) is 5.19. The lowest BCUT2D eigenvalue weighted by Gasteiger charge is -2.27. The summed E-state index contributed by atoms with van der Waals surface area (Å²) in [5.41, 5.74) is 1.06. The molecule has 0 saturated carbocycles. The van der Waals surface area contributed by atoms with Gasteiger partial charge in [0.05, 0.1) is 11.3 Å². The summed E-state index contributed by atoms with van der Waals surface area (Å²) in [7, 11) is 1.58. The topological polar surface area (TPSA) is 70.2 Å². The van der Waals surface area contributed by atoms with Gasteiger partial charge in [0.25, 0.3) is 5.91 Å². The normalized spacial score (nSPS) is 22.1. The van der Waals surface area contributed by atoms with Gasteiger partial charge in [-0.05, 0) is 38.4 Å². The number of hydrogen-bond acceptors (Lipinski definition) is 3. The number of carbonyl (C=O) groups excluding carboxylic acids is 2. The Morgan fingerprint density at radius 3 is 2.75 bits per heavy atom. The van der Waals surface area contributed by atoms with Gasteiger partial charge in [-0.1, -0.05) is 12.1 Å². The zero-order chi connectivity index (χ0) is 14.5. The Kier molecular flexibility index (Phi) is 4.74. The van der Waals surface area contributed by atoms with Crippen molar-refractivity contribution in [1.29, 1.82) is 0 Å². The fraction of sp³-hybridized carbons (Fsp3) is 0.467. The molecule has 0 radical (unpaired) electrons. The van der Waals surface area contributed by atoms with Crippen molar-refractivity contribution >= 4 is 17.5 Å². The largest absolute Gasteiger partial charge is 0.355 e. The molecule has 108 valence electrons. The third kappa shape index (κ3) is 3.36. The van der Waals surface area contributed by atoms with Crippen LogP contribution in [0, 0.1) is 5.92 Å². The van der Waals surface area contributed by atoms with E-state index in [9.17, 15) is 9.59 Å². The highest BCUT2D eigenvalue weighted by Crippen LogP contribution is 2.20. The molecule has 3 N–H and O–H groups in total. The van der Waals surface area contributed by atoms with Gasteiger partial charge in [-0.25, -0.2) is 0 Å². The number of nitrogens with one attached hydrogen (secondary N) is 3. The van der Waals surface area contributed by atoms with E-state index in [1.165, 1.54) is 0 Å². The highest BCUT2D eigenvalue weighted by Gasteiger charge is 2.25. The van der Waals surface area contributed by atoms with Gasteiger partial charge in [0.2, 0.25) is 5.91 Å². The van der Waals surface area contributed by atoms with E-state index in [2.05, 4.69) is 22.9 Å². The molecule has 0 aromatic heterocycles. The van der Waals surface area contributed by atoms with Gasteiger partial charge in [-0.3, -0.25) is 9.59 Å². The minimum atomic E-state index is -0.195. The first-order chi connectivity index (χ1) is 9.61. The summed E-state index contributed by atoms with van der Waals surface area (Å²) in [5, 5.41) is 8.80. The van der Waals surface area contributed by atoms with Crippen molar-refractivity contribution in [3.8, 4) is 0 Å². The lowest BCUT2D eigenvalue weighted by Crippen LogP contribution is -2.40. The lowest BCUT2D eigenvalue weighted by molar-refractivity contribution is -0.120. The van der Waals surface area contributed by atoms with Crippen LogP contribution in [0.3, 0.4) is 0 Å². The Labute approximate surface area is 119 Å². The molecule has 0 spiro atoms. The van der Waals surface area contributed by atoms with Crippen LogP contribution in [0.15, 0.2) is 24.3 Å². The fourth-order valence-corrected chi connectivity index (χ4v) is 2.53.